The summed E-state index contributed by atoms with van der Waals surface area (Å²) < 4.78 is 22.0. The lowest BCUT2D eigenvalue weighted by atomic mass is 9.79. The van der Waals surface area contributed by atoms with Crippen LogP contribution < -0.4 is 10.1 Å². The van der Waals surface area contributed by atoms with Gasteiger partial charge in [-0.15, -0.1) is 10.2 Å². The molecule has 2 N–H and O–H groups in total. The lowest BCUT2D eigenvalue weighted by Crippen LogP contribution is -2.44. The van der Waals surface area contributed by atoms with Gasteiger partial charge in [0.1, 0.15) is 28.8 Å². The second kappa shape index (κ2) is 9.49. The number of carbonyl (C=O) groups excluding carboxylic acids is 1. The van der Waals surface area contributed by atoms with Crippen LogP contribution >= 0.6 is 0 Å². The molecule has 5 rings (SSSR count). The number of nitrogens with zero attached hydrogens (tertiary/aromatic N) is 5. The first kappa shape index (κ1) is 22.5. The molecule has 4 aromatic rings. The first-order chi connectivity index (χ1) is 17.0. The molecule has 1 saturated carbocycles. The van der Waals surface area contributed by atoms with E-state index in [9.17, 15) is 14.3 Å². The molecule has 178 valence electrons. The third-order valence-corrected chi connectivity index (χ3v) is 5.86. The Morgan fingerprint density at radius 2 is 1.97 bits per heavy atom. The minimum atomic E-state index is -0.403. The maximum absolute atomic E-state index is 14.8. The van der Waals surface area contributed by atoms with Crippen LogP contribution in [0.5, 0.6) is 11.6 Å². The first-order valence-electron chi connectivity index (χ1n) is 11.3. The fourth-order valence-electron chi connectivity index (χ4n) is 4.12. The fraction of sp³-hybridized carbons (Fsp3) is 0.240. The van der Waals surface area contributed by atoms with Gasteiger partial charge < -0.3 is 15.2 Å². The molecule has 3 heterocycles. The van der Waals surface area contributed by atoms with Gasteiger partial charge in [-0.3, -0.25) is 9.36 Å². The summed E-state index contributed by atoms with van der Waals surface area (Å²) >= 11 is 0. The summed E-state index contributed by atoms with van der Waals surface area (Å²) in [6, 6.07) is 14.4. The summed E-state index contributed by atoms with van der Waals surface area (Å²) in [6.45, 7) is 2.42. The number of rotatable bonds is 7. The van der Waals surface area contributed by atoms with Crippen molar-refractivity contribution in [2.45, 2.75) is 31.7 Å². The normalized spacial score (nSPS) is 17.0. The molecule has 1 amide bonds. The van der Waals surface area contributed by atoms with E-state index in [-0.39, 0.29) is 29.4 Å². The van der Waals surface area contributed by atoms with Crippen molar-refractivity contribution in [1.29, 1.82) is 0 Å². The second-order valence-corrected chi connectivity index (χ2v) is 8.20. The molecule has 35 heavy (non-hydrogen) atoms. The summed E-state index contributed by atoms with van der Waals surface area (Å²) in [5.41, 5.74) is 1.01. The summed E-state index contributed by atoms with van der Waals surface area (Å²) in [6.07, 6.45) is 2.81. The number of aromatic hydroxyl groups is 1. The van der Waals surface area contributed by atoms with E-state index in [0.717, 1.165) is 0 Å². The Morgan fingerprint density at radius 3 is 2.69 bits per heavy atom. The number of nitrogens with one attached hydrogen (secondary N) is 1. The monoisotopic (exact) mass is 474 g/mol. The van der Waals surface area contributed by atoms with Crippen LogP contribution in [0.2, 0.25) is 0 Å². The van der Waals surface area contributed by atoms with Crippen molar-refractivity contribution >= 4 is 5.91 Å². The van der Waals surface area contributed by atoms with Gasteiger partial charge in [0.05, 0.1) is 18.5 Å². The van der Waals surface area contributed by atoms with E-state index < -0.39 is 5.82 Å². The fourth-order valence-corrected chi connectivity index (χ4v) is 4.12. The van der Waals surface area contributed by atoms with Crippen molar-refractivity contribution in [3.05, 3.63) is 78.1 Å². The zero-order valence-corrected chi connectivity index (χ0v) is 18.9. The molecule has 10 heteroatoms. The topological polar surface area (TPSA) is 115 Å². The number of halogens is 1. The van der Waals surface area contributed by atoms with Gasteiger partial charge in [-0.05, 0) is 50.1 Å². The molecule has 1 fully saturated rings. The largest absolute Gasteiger partial charge is 0.493 e. The molecule has 0 unspecified atom stereocenters. The Morgan fingerprint density at radius 1 is 1.14 bits per heavy atom. The standard InChI is InChI=1S/C25H23FN6O3/c1-2-35-17-10-11-19(27-14-17)24-31-30-23(32(24)21-8-4-3-6-18(21)26)15-12-16(13-15)28-25(34)20-7-5-9-22(33)29-20/h3-11,14-16H,2,12-13H2,1H3,(H,28,34)(H,29,33)/t15-,16-. The van der Waals surface area contributed by atoms with Gasteiger partial charge in [0, 0.05) is 18.0 Å². The number of para-hydroxylation sites is 1. The average Bonchev–Trinajstić information content (AvgIpc) is 3.26. The molecule has 3 aromatic heterocycles. The number of ether oxygens (including phenoxy) is 1. The molecule has 1 aliphatic carbocycles. The molecule has 0 spiro atoms. The Hall–Kier alpha value is -4.34. The number of amides is 1. The van der Waals surface area contributed by atoms with Gasteiger partial charge in [0.25, 0.3) is 5.91 Å². The smallest absolute Gasteiger partial charge is 0.270 e. The van der Waals surface area contributed by atoms with E-state index in [1.54, 1.807) is 47.2 Å². The summed E-state index contributed by atoms with van der Waals surface area (Å²) in [4.78, 5) is 20.7. The molecule has 1 aliphatic rings. The van der Waals surface area contributed by atoms with Crippen LogP contribution in [0.4, 0.5) is 4.39 Å². The summed E-state index contributed by atoms with van der Waals surface area (Å²) in [5.74, 6) is 0.635. The number of benzene rings is 1. The van der Waals surface area contributed by atoms with Gasteiger partial charge in [0.2, 0.25) is 5.88 Å². The molecular formula is C25H23FN6O3. The van der Waals surface area contributed by atoms with Gasteiger partial charge in [-0.25, -0.2) is 14.4 Å². The van der Waals surface area contributed by atoms with Crippen LogP contribution in [-0.4, -0.2) is 48.4 Å². The quantitative estimate of drug-likeness (QED) is 0.420. The van der Waals surface area contributed by atoms with Crippen LogP contribution in [0, 0.1) is 5.82 Å². The predicted octanol–water partition coefficient (Wildman–Crippen LogP) is 3.64. The molecule has 1 aromatic carbocycles. The molecule has 0 bridgehead atoms. The van der Waals surface area contributed by atoms with E-state index in [2.05, 4.69) is 25.5 Å². The Balaban J connectivity index is 1.40. The highest BCUT2D eigenvalue weighted by Gasteiger charge is 2.36. The third-order valence-electron chi connectivity index (χ3n) is 5.86. The van der Waals surface area contributed by atoms with Crippen molar-refractivity contribution in [2.75, 3.05) is 6.61 Å². The summed E-state index contributed by atoms with van der Waals surface area (Å²) in [5, 5.41) is 21.2. The minimum absolute atomic E-state index is 0.0408. The molecule has 0 aliphatic heterocycles. The maximum atomic E-state index is 14.8. The number of carbonyl (C=O) groups is 1. The van der Waals surface area contributed by atoms with Crippen molar-refractivity contribution < 1.29 is 19.0 Å². The predicted molar refractivity (Wildman–Crippen MR) is 125 cm³/mol. The molecule has 0 radical (unpaired) electrons. The van der Waals surface area contributed by atoms with Crippen molar-refractivity contribution in [3.8, 4) is 28.8 Å². The van der Waals surface area contributed by atoms with E-state index in [0.29, 0.717) is 48.2 Å². The van der Waals surface area contributed by atoms with E-state index in [1.807, 2.05) is 6.92 Å². The zero-order valence-electron chi connectivity index (χ0n) is 18.9. The lowest BCUT2D eigenvalue weighted by Gasteiger charge is -2.35. The van der Waals surface area contributed by atoms with Gasteiger partial charge in [-0.2, -0.15) is 0 Å². The van der Waals surface area contributed by atoms with Gasteiger partial charge in [-0.1, -0.05) is 18.2 Å². The molecule has 0 atom stereocenters. The molecule has 9 nitrogen and oxygen atoms in total. The van der Waals surface area contributed by atoms with Crippen LogP contribution in [0.1, 0.15) is 42.0 Å². The van der Waals surface area contributed by atoms with E-state index >= 15 is 0 Å². The van der Waals surface area contributed by atoms with Gasteiger partial charge in [0.15, 0.2) is 5.82 Å². The van der Waals surface area contributed by atoms with E-state index in [4.69, 9.17) is 4.74 Å². The van der Waals surface area contributed by atoms with Crippen LogP contribution in [-0.2, 0) is 0 Å². The minimum Gasteiger partial charge on any atom is -0.493 e. The lowest BCUT2D eigenvalue weighted by molar-refractivity contribution is 0.0901. The highest BCUT2D eigenvalue weighted by atomic mass is 19.1. The van der Waals surface area contributed by atoms with Crippen molar-refractivity contribution in [1.82, 2.24) is 30.0 Å². The average molecular weight is 474 g/mol. The number of hydrogen-bond acceptors (Lipinski definition) is 7. The van der Waals surface area contributed by atoms with Crippen LogP contribution in [0.25, 0.3) is 17.2 Å². The highest BCUT2D eigenvalue weighted by molar-refractivity contribution is 5.92. The number of aromatic nitrogens is 5. The Kier molecular flexibility index (Phi) is 6.09. The Labute approximate surface area is 200 Å². The Bertz CT molecular complexity index is 1350. The maximum Gasteiger partial charge on any atom is 0.270 e. The number of pyridine rings is 2. The zero-order chi connectivity index (χ0) is 24.4. The SMILES string of the molecule is CCOc1ccc(-c2nnc([C@H]3C[C@H](NC(=O)c4cccc(O)n4)C3)n2-c2ccccc2F)nc1. The van der Waals surface area contributed by atoms with Crippen molar-refractivity contribution in [2.24, 2.45) is 0 Å². The van der Waals surface area contributed by atoms with Crippen LogP contribution in [0.15, 0.2) is 60.8 Å². The molecule has 0 saturated heterocycles. The van der Waals surface area contributed by atoms with Gasteiger partial charge >= 0.3 is 0 Å². The molecular weight excluding hydrogens is 451 g/mol. The summed E-state index contributed by atoms with van der Waals surface area (Å²) in [7, 11) is 0. The van der Waals surface area contributed by atoms with Crippen molar-refractivity contribution in [3.63, 3.8) is 0 Å². The van der Waals surface area contributed by atoms with Crippen LogP contribution in [0.3, 0.4) is 0 Å². The highest BCUT2D eigenvalue weighted by Crippen LogP contribution is 2.39. The second-order valence-electron chi connectivity index (χ2n) is 8.20. The van der Waals surface area contributed by atoms with E-state index in [1.165, 1.54) is 18.2 Å². The third kappa shape index (κ3) is 4.54. The first-order valence-corrected chi connectivity index (χ1v) is 11.3. The number of hydrogen-bond donors (Lipinski definition) is 2.